The topological polar surface area (TPSA) is 37.3 Å². The van der Waals surface area contributed by atoms with Gasteiger partial charge in [0.1, 0.15) is 0 Å². The van der Waals surface area contributed by atoms with Gasteiger partial charge < -0.3 is 5.11 Å². The third-order valence-electron chi connectivity index (χ3n) is 0.548. The lowest BCUT2D eigenvalue weighted by Crippen LogP contribution is -1.93. The Bertz CT molecular complexity index is 195. The summed E-state index contributed by atoms with van der Waals surface area (Å²) >= 11 is 0. The van der Waals surface area contributed by atoms with E-state index < -0.39 is 11.8 Å². The Hall–Kier alpha value is -1.30. The maximum atomic E-state index is 11.9. The van der Waals surface area contributed by atoms with Gasteiger partial charge in [0.25, 0.3) is 0 Å². The Morgan fingerprint density at radius 3 is 2.67 bits per heavy atom. The highest BCUT2D eigenvalue weighted by Crippen LogP contribution is 1.92. The first-order valence-corrected chi connectivity index (χ1v) is 2.19. The molecule has 0 heterocycles. The Balaban J connectivity index is 4.11. The lowest BCUT2D eigenvalue weighted by atomic mass is 10.4. The highest BCUT2D eigenvalue weighted by Gasteiger charge is 2.01. The third kappa shape index (κ3) is 3.30. The Morgan fingerprint density at radius 2 is 2.33 bits per heavy atom. The van der Waals surface area contributed by atoms with Crippen molar-refractivity contribution in [2.45, 2.75) is 6.92 Å². The van der Waals surface area contributed by atoms with Crippen molar-refractivity contribution in [2.75, 3.05) is 0 Å². The molecule has 0 bridgehead atoms. The Labute approximate surface area is 52.0 Å². The third-order valence-corrected chi connectivity index (χ3v) is 0.548. The van der Waals surface area contributed by atoms with Gasteiger partial charge in [-0.15, -0.1) is 5.92 Å². The molecule has 0 aliphatic heterocycles. The predicted molar refractivity (Wildman–Crippen MR) is 30.3 cm³/mol. The molecule has 0 aromatic rings. The largest absolute Gasteiger partial charge is 0.476 e. The summed E-state index contributed by atoms with van der Waals surface area (Å²) < 4.78 is 11.9. The van der Waals surface area contributed by atoms with Crippen LogP contribution < -0.4 is 0 Å². The van der Waals surface area contributed by atoms with Crippen molar-refractivity contribution >= 4 is 5.97 Å². The normalized spacial score (nSPS) is 9.78. The highest BCUT2D eigenvalue weighted by molar-refractivity contribution is 5.84. The molecule has 0 saturated heterocycles. The fraction of sp³-hybridized carbons (Fsp3) is 0.167. The van der Waals surface area contributed by atoms with Crippen molar-refractivity contribution in [3.63, 3.8) is 0 Å². The molecule has 3 heteroatoms. The molecular formula is C6H5FO2. The summed E-state index contributed by atoms with van der Waals surface area (Å²) in [6.07, 6.45) is 0.711. The van der Waals surface area contributed by atoms with Gasteiger partial charge >= 0.3 is 5.97 Å². The van der Waals surface area contributed by atoms with Crippen LogP contribution >= 0.6 is 0 Å². The molecule has 0 atom stereocenters. The molecule has 0 unspecified atom stereocenters. The zero-order valence-electron chi connectivity index (χ0n) is 4.81. The van der Waals surface area contributed by atoms with Gasteiger partial charge in [-0.1, -0.05) is 5.92 Å². The number of carboxylic acid groups (broad SMARTS) is 1. The maximum absolute atomic E-state index is 11.9. The van der Waals surface area contributed by atoms with E-state index in [-0.39, 0.29) is 0 Å². The Kier molecular flexibility index (Phi) is 3.14. The fourth-order valence-corrected chi connectivity index (χ4v) is 0.197. The zero-order valence-corrected chi connectivity index (χ0v) is 4.81. The van der Waals surface area contributed by atoms with Crippen molar-refractivity contribution in [3.05, 3.63) is 11.9 Å². The van der Waals surface area contributed by atoms with E-state index in [1.54, 1.807) is 0 Å². The first-order valence-electron chi connectivity index (χ1n) is 2.19. The molecular weight excluding hydrogens is 123 g/mol. The second kappa shape index (κ2) is 3.67. The molecule has 0 aromatic carbocycles. The van der Waals surface area contributed by atoms with Crippen molar-refractivity contribution in [3.8, 4) is 11.8 Å². The minimum Gasteiger partial charge on any atom is -0.476 e. The number of carbonyl (C=O) groups is 1. The quantitative estimate of drug-likeness (QED) is 0.421. The summed E-state index contributed by atoms with van der Waals surface area (Å²) in [6.45, 7) is 1.49. The molecule has 0 rings (SSSR count). The first kappa shape index (κ1) is 7.70. The summed E-state index contributed by atoms with van der Waals surface area (Å²) in [6, 6.07) is 0. The predicted octanol–water partition coefficient (Wildman–Crippen LogP) is 0.948. The van der Waals surface area contributed by atoms with Gasteiger partial charge in [0, 0.05) is 6.08 Å². The van der Waals surface area contributed by atoms with Crippen LogP contribution in [0.3, 0.4) is 0 Å². The van der Waals surface area contributed by atoms with E-state index in [0.29, 0.717) is 6.08 Å². The average molecular weight is 128 g/mol. The summed E-state index contributed by atoms with van der Waals surface area (Å²) in [7, 11) is 0. The molecule has 0 spiro atoms. The van der Waals surface area contributed by atoms with Gasteiger partial charge in [-0.05, 0) is 6.92 Å². The lowest BCUT2D eigenvalue weighted by Gasteiger charge is -1.79. The molecule has 0 amide bonds. The number of halogens is 1. The van der Waals surface area contributed by atoms with Gasteiger partial charge in [0.15, 0.2) is 0 Å². The van der Waals surface area contributed by atoms with E-state index in [1.807, 2.05) is 0 Å². The molecule has 48 valence electrons. The smallest absolute Gasteiger partial charge is 0.365 e. The van der Waals surface area contributed by atoms with E-state index in [1.165, 1.54) is 6.92 Å². The summed E-state index contributed by atoms with van der Waals surface area (Å²) in [5, 5.41) is 7.90. The van der Waals surface area contributed by atoms with E-state index in [4.69, 9.17) is 5.11 Å². The molecule has 1 N–H and O–H groups in total. The highest BCUT2D eigenvalue weighted by atomic mass is 19.1. The summed E-state index contributed by atoms with van der Waals surface area (Å²) in [5.41, 5.74) is 0. The van der Waals surface area contributed by atoms with Crippen molar-refractivity contribution in [2.24, 2.45) is 0 Å². The van der Waals surface area contributed by atoms with E-state index in [2.05, 4.69) is 11.8 Å². The monoisotopic (exact) mass is 128 g/mol. The average Bonchev–Trinajstić information content (AvgIpc) is 1.82. The lowest BCUT2D eigenvalue weighted by molar-refractivity contribution is -0.134. The minimum absolute atomic E-state index is 0.711. The van der Waals surface area contributed by atoms with Crippen LogP contribution in [0.1, 0.15) is 6.92 Å². The molecule has 0 aromatic heterocycles. The molecule has 0 saturated carbocycles. The molecule has 0 fully saturated rings. The van der Waals surface area contributed by atoms with Crippen molar-refractivity contribution in [1.82, 2.24) is 0 Å². The molecule has 9 heavy (non-hydrogen) atoms. The first-order chi connectivity index (χ1) is 4.18. The SMILES string of the molecule is CC#C/C=C(/F)C(=O)O. The van der Waals surface area contributed by atoms with Gasteiger partial charge in [0.2, 0.25) is 5.83 Å². The number of carboxylic acids is 1. The standard InChI is InChI=1S/C6H5FO2/c1-2-3-4-5(7)6(8)9/h4H,1H3,(H,8,9)/b5-4+. The molecule has 2 nitrogen and oxygen atoms in total. The van der Waals surface area contributed by atoms with E-state index >= 15 is 0 Å². The fourth-order valence-electron chi connectivity index (χ4n) is 0.197. The van der Waals surface area contributed by atoms with Crippen LogP contribution in [-0.2, 0) is 4.79 Å². The Morgan fingerprint density at radius 1 is 1.78 bits per heavy atom. The second-order valence-corrected chi connectivity index (χ2v) is 1.19. The van der Waals surface area contributed by atoms with E-state index in [0.717, 1.165) is 0 Å². The number of allylic oxidation sites excluding steroid dienone is 1. The number of hydrogen-bond acceptors (Lipinski definition) is 1. The van der Waals surface area contributed by atoms with Gasteiger partial charge in [0.05, 0.1) is 0 Å². The van der Waals surface area contributed by atoms with Gasteiger partial charge in [-0.25, -0.2) is 4.79 Å². The summed E-state index contributed by atoms with van der Waals surface area (Å²) in [5.74, 6) is 1.67. The molecule has 0 aliphatic carbocycles. The van der Waals surface area contributed by atoms with Crippen molar-refractivity contribution in [1.29, 1.82) is 0 Å². The number of aliphatic carboxylic acids is 1. The van der Waals surface area contributed by atoms with Crippen LogP contribution in [0.2, 0.25) is 0 Å². The van der Waals surface area contributed by atoms with Crippen LogP contribution in [0.15, 0.2) is 11.9 Å². The van der Waals surface area contributed by atoms with Gasteiger partial charge in [-0.2, -0.15) is 4.39 Å². The molecule has 0 aliphatic rings. The van der Waals surface area contributed by atoms with Crippen LogP contribution in [0, 0.1) is 11.8 Å². The zero-order chi connectivity index (χ0) is 7.28. The molecule has 0 radical (unpaired) electrons. The maximum Gasteiger partial charge on any atom is 0.365 e. The van der Waals surface area contributed by atoms with Crippen molar-refractivity contribution < 1.29 is 14.3 Å². The van der Waals surface area contributed by atoms with E-state index in [9.17, 15) is 9.18 Å². The van der Waals surface area contributed by atoms with Crippen LogP contribution in [0.25, 0.3) is 0 Å². The van der Waals surface area contributed by atoms with Crippen LogP contribution in [-0.4, -0.2) is 11.1 Å². The van der Waals surface area contributed by atoms with Crippen LogP contribution in [0.4, 0.5) is 4.39 Å². The number of rotatable bonds is 1. The minimum atomic E-state index is -1.59. The second-order valence-electron chi connectivity index (χ2n) is 1.19. The number of hydrogen-bond donors (Lipinski definition) is 1. The van der Waals surface area contributed by atoms with Gasteiger partial charge in [-0.3, -0.25) is 0 Å². The summed E-state index contributed by atoms with van der Waals surface area (Å²) in [4.78, 5) is 9.69. The van der Waals surface area contributed by atoms with Crippen LogP contribution in [0.5, 0.6) is 0 Å².